The number of aryl methyl sites for hydroxylation is 1. The second-order valence-electron chi connectivity index (χ2n) is 5.16. The van der Waals surface area contributed by atoms with Crippen LogP contribution in [0, 0.1) is 12.7 Å². The van der Waals surface area contributed by atoms with Crippen molar-refractivity contribution < 1.29 is 4.39 Å². The average Bonchev–Trinajstić information content (AvgIpc) is 2.75. The number of hydrogen-bond acceptors (Lipinski definition) is 2. The summed E-state index contributed by atoms with van der Waals surface area (Å²) in [5.41, 5.74) is 9.06. The highest BCUT2D eigenvalue weighted by Gasteiger charge is 2.17. The van der Waals surface area contributed by atoms with Crippen LogP contribution in [0.5, 0.6) is 0 Å². The van der Waals surface area contributed by atoms with Crippen molar-refractivity contribution in [2.75, 3.05) is 5.73 Å². The summed E-state index contributed by atoms with van der Waals surface area (Å²) in [6.07, 6.45) is 0. The molecule has 21 heavy (non-hydrogen) atoms. The van der Waals surface area contributed by atoms with E-state index in [4.69, 9.17) is 17.3 Å². The molecular formula is C16H15ClFN3. The van der Waals surface area contributed by atoms with Gasteiger partial charge in [0.15, 0.2) is 0 Å². The Morgan fingerprint density at radius 2 is 1.90 bits per heavy atom. The van der Waals surface area contributed by atoms with Gasteiger partial charge in [-0.1, -0.05) is 23.7 Å². The van der Waals surface area contributed by atoms with E-state index in [0.717, 1.165) is 11.1 Å². The van der Waals surface area contributed by atoms with E-state index in [1.807, 2.05) is 35.8 Å². The lowest BCUT2D eigenvalue weighted by molar-refractivity contribution is 0.619. The number of nitrogens with zero attached hydrogens (tertiary/aromatic N) is 2. The Bertz CT molecular complexity index is 808. The molecule has 1 aromatic heterocycles. The van der Waals surface area contributed by atoms with Gasteiger partial charge in [-0.2, -0.15) is 0 Å². The molecule has 3 aromatic rings. The minimum Gasteiger partial charge on any atom is -0.369 e. The van der Waals surface area contributed by atoms with E-state index < -0.39 is 0 Å². The van der Waals surface area contributed by atoms with Crippen molar-refractivity contribution in [3.63, 3.8) is 0 Å². The Hall–Kier alpha value is -2.07. The highest BCUT2D eigenvalue weighted by Crippen LogP contribution is 2.29. The summed E-state index contributed by atoms with van der Waals surface area (Å²) < 4.78 is 15.6. The molecule has 1 heterocycles. The van der Waals surface area contributed by atoms with E-state index >= 15 is 0 Å². The van der Waals surface area contributed by atoms with E-state index in [-0.39, 0.29) is 11.9 Å². The summed E-state index contributed by atoms with van der Waals surface area (Å²) in [6.45, 7) is 3.76. The first-order valence-corrected chi connectivity index (χ1v) is 7.04. The van der Waals surface area contributed by atoms with Crippen LogP contribution in [-0.2, 0) is 0 Å². The van der Waals surface area contributed by atoms with Crippen molar-refractivity contribution in [3.05, 3.63) is 58.4 Å². The number of aromatic nitrogens is 2. The molecule has 0 aliphatic rings. The molecule has 1 atom stereocenters. The fourth-order valence-electron chi connectivity index (χ4n) is 2.54. The maximum atomic E-state index is 13.7. The molecule has 0 spiro atoms. The minimum absolute atomic E-state index is 0.0165. The van der Waals surface area contributed by atoms with Crippen molar-refractivity contribution >= 4 is 28.6 Å². The molecule has 0 amide bonds. The third-order valence-electron chi connectivity index (χ3n) is 3.74. The van der Waals surface area contributed by atoms with Gasteiger partial charge in [0, 0.05) is 11.1 Å². The Morgan fingerprint density at radius 3 is 2.57 bits per heavy atom. The first-order valence-electron chi connectivity index (χ1n) is 6.66. The monoisotopic (exact) mass is 303 g/mol. The summed E-state index contributed by atoms with van der Waals surface area (Å²) in [4.78, 5) is 4.25. The molecule has 0 aliphatic carbocycles. The molecule has 108 valence electrons. The fourth-order valence-corrected chi connectivity index (χ4v) is 2.66. The van der Waals surface area contributed by atoms with E-state index in [1.165, 1.54) is 6.07 Å². The van der Waals surface area contributed by atoms with Gasteiger partial charge in [0.05, 0.1) is 17.1 Å². The first kappa shape index (κ1) is 13.9. The predicted molar refractivity (Wildman–Crippen MR) is 84.1 cm³/mol. The normalized spacial score (nSPS) is 12.8. The van der Waals surface area contributed by atoms with Crippen LogP contribution in [0.1, 0.15) is 24.1 Å². The zero-order chi connectivity index (χ0) is 15.1. The molecule has 3 nitrogen and oxygen atoms in total. The van der Waals surface area contributed by atoms with Crippen LogP contribution in [0.25, 0.3) is 11.0 Å². The number of fused-ring (bicyclic) bond motifs is 1. The quantitative estimate of drug-likeness (QED) is 0.766. The van der Waals surface area contributed by atoms with Crippen molar-refractivity contribution in [3.8, 4) is 0 Å². The van der Waals surface area contributed by atoms with Crippen LogP contribution in [0.2, 0.25) is 5.02 Å². The number of nitrogen functional groups attached to an aromatic ring is 1. The van der Waals surface area contributed by atoms with Crippen LogP contribution >= 0.6 is 11.6 Å². The highest BCUT2D eigenvalue weighted by molar-refractivity contribution is 6.30. The lowest BCUT2D eigenvalue weighted by atomic mass is 10.1. The summed E-state index contributed by atoms with van der Waals surface area (Å²) in [5, 5.41) is 0.687. The van der Waals surface area contributed by atoms with E-state index in [0.29, 0.717) is 22.1 Å². The van der Waals surface area contributed by atoms with Crippen LogP contribution in [0.3, 0.4) is 0 Å². The van der Waals surface area contributed by atoms with Crippen LogP contribution in [0.4, 0.5) is 10.3 Å². The van der Waals surface area contributed by atoms with Crippen molar-refractivity contribution in [2.45, 2.75) is 19.9 Å². The average molecular weight is 304 g/mol. The number of rotatable bonds is 2. The van der Waals surface area contributed by atoms with E-state index in [1.54, 1.807) is 13.0 Å². The van der Waals surface area contributed by atoms with Gasteiger partial charge in [-0.3, -0.25) is 0 Å². The molecule has 0 aliphatic heterocycles. The highest BCUT2D eigenvalue weighted by atomic mass is 35.5. The lowest BCUT2D eigenvalue weighted by Crippen LogP contribution is -2.10. The summed E-state index contributed by atoms with van der Waals surface area (Å²) in [6, 6.07) is 10.8. The Labute approximate surface area is 127 Å². The maximum Gasteiger partial charge on any atom is 0.201 e. The van der Waals surface area contributed by atoms with Gasteiger partial charge in [0.2, 0.25) is 5.95 Å². The second kappa shape index (κ2) is 5.04. The van der Waals surface area contributed by atoms with E-state index in [2.05, 4.69) is 4.98 Å². The molecule has 2 N–H and O–H groups in total. The zero-order valence-corrected chi connectivity index (χ0v) is 12.5. The van der Waals surface area contributed by atoms with Crippen molar-refractivity contribution in [2.24, 2.45) is 0 Å². The number of benzene rings is 2. The molecule has 0 saturated carbocycles. The predicted octanol–water partition coefficient (Wildman–Crippen LogP) is 4.33. The van der Waals surface area contributed by atoms with Crippen LogP contribution < -0.4 is 5.73 Å². The van der Waals surface area contributed by atoms with Gasteiger partial charge >= 0.3 is 0 Å². The molecule has 3 rings (SSSR count). The maximum absolute atomic E-state index is 13.7. The number of halogens is 2. The van der Waals surface area contributed by atoms with Gasteiger partial charge in [0.1, 0.15) is 5.82 Å². The molecule has 0 bridgehead atoms. The summed E-state index contributed by atoms with van der Waals surface area (Å²) >= 11 is 5.92. The summed E-state index contributed by atoms with van der Waals surface area (Å²) in [7, 11) is 0. The number of anilines is 1. The van der Waals surface area contributed by atoms with Gasteiger partial charge in [-0.15, -0.1) is 0 Å². The van der Waals surface area contributed by atoms with Gasteiger partial charge in [-0.25, -0.2) is 9.37 Å². The molecule has 0 fully saturated rings. The number of imidazole rings is 1. The largest absolute Gasteiger partial charge is 0.369 e. The Morgan fingerprint density at radius 1 is 1.24 bits per heavy atom. The number of nitrogens with two attached hydrogens (primary N) is 1. The SMILES string of the molecule is Cc1cc2c(cc1F)nc(N)n2C(C)c1ccc(Cl)cc1. The minimum atomic E-state index is -0.272. The molecule has 1 unspecified atom stereocenters. The first-order chi connectivity index (χ1) is 9.97. The molecular weight excluding hydrogens is 289 g/mol. The Kier molecular flexibility index (Phi) is 3.33. The van der Waals surface area contributed by atoms with Crippen molar-refractivity contribution in [1.82, 2.24) is 9.55 Å². The van der Waals surface area contributed by atoms with Gasteiger partial charge in [-0.05, 0) is 43.2 Å². The van der Waals surface area contributed by atoms with Crippen molar-refractivity contribution in [1.29, 1.82) is 0 Å². The summed E-state index contributed by atoms with van der Waals surface area (Å²) in [5.74, 6) is 0.101. The van der Waals surface area contributed by atoms with Crippen LogP contribution in [0.15, 0.2) is 36.4 Å². The van der Waals surface area contributed by atoms with E-state index in [9.17, 15) is 4.39 Å². The Balaban J connectivity index is 2.17. The smallest absolute Gasteiger partial charge is 0.201 e. The van der Waals surface area contributed by atoms with Gasteiger partial charge < -0.3 is 10.3 Å². The van der Waals surface area contributed by atoms with Gasteiger partial charge in [0.25, 0.3) is 0 Å². The third kappa shape index (κ3) is 2.36. The zero-order valence-electron chi connectivity index (χ0n) is 11.8. The second-order valence-corrected chi connectivity index (χ2v) is 5.59. The standard InChI is InChI=1S/C16H15ClFN3/c1-9-7-15-14(8-13(9)18)20-16(19)21(15)10(2)11-3-5-12(17)6-4-11/h3-8,10H,1-2H3,(H2,19,20). The number of hydrogen-bond donors (Lipinski definition) is 1. The third-order valence-corrected chi connectivity index (χ3v) is 3.99. The molecule has 2 aromatic carbocycles. The lowest BCUT2D eigenvalue weighted by Gasteiger charge is -2.17. The fraction of sp³-hybridized carbons (Fsp3) is 0.188. The van der Waals surface area contributed by atoms with Crippen LogP contribution in [-0.4, -0.2) is 9.55 Å². The molecule has 0 radical (unpaired) electrons. The molecule has 5 heteroatoms. The topological polar surface area (TPSA) is 43.8 Å². The molecule has 0 saturated heterocycles.